The van der Waals surface area contributed by atoms with Crippen molar-refractivity contribution in [2.24, 2.45) is 0 Å². The number of aliphatic hydroxyl groups is 2. The molecule has 2 rings (SSSR count). The maximum atomic E-state index is 14.2. The van der Waals surface area contributed by atoms with Crippen LogP contribution in [0.3, 0.4) is 0 Å². The van der Waals surface area contributed by atoms with Gasteiger partial charge in [0, 0.05) is 18.7 Å². The van der Waals surface area contributed by atoms with E-state index in [2.05, 4.69) is 0 Å². The lowest BCUT2D eigenvalue weighted by atomic mass is 9.99. The number of aliphatic hydroxyl groups excluding tert-OH is 2. The number of ether oxygens (including phenoxy) is 2. The molecule has 0 unspecified atom stereocenters. The molecule has 1 aromatic heterocycles. The summed E-state index contributed by atoms with van der Waals surface area (Å²) in [6.07, 6.45) is -0.488. The van der Waals surface area contributed by atoms with Crippen molar-refractivity contribution >= 4 is 0 Å². The van der Waals surface area contributed by atoms with E-state index in [1.54, 1.807) is 0 Å². The van der Waals surface area contributed by atoms with Gasteiger partial charge in [0.05, 0.1) is 0 Å². The zero-order valence-corrected chi connectivity index (χ0v) is 10.7. The van der Waals surface area contributed by atoms with E-state index < -0.39 is 42.3 Å². The van der Waals surface area contributed by atoms with Crippen LogP contribution in [0.15, 0.2) is 21.9 Å². The van der Waals surface area contributed by atoms with Gasteiger partial charge < -0.3 is 19.7 Å². The van der Waals surface area contributed by atoms with Crippen LogP contribution in [0.1, 0.15) is 19.6 Å². The number of nitrogens with zero attached hydrogens (tertiary/aromatic N) is 1. The largest absolute Gasteiger partial charge is 0.390 e. The number of rotatable bonds is 4. The van der Waals surface area contributed by atoms with E-state index >= 15 is 0 Å². The summed E-state index contributed by atoms with van der Waals surface area (Å²) >= 11 is 0. The summed E-state index contributed by atoms with van der Waals surface area (Å²) < 4.78 is 25.3. The molecule has 0 aromatic carbocycles. The predicted molar refractivity (Wildman–Crippen MR) is 63.6 cm³/mol. The van der Waals surface area contributed by atoms with Crippen molar-refractivity contribution in [1.29, 1.82) is 0 Å². The molecule has 0 aliphatic carbocycles. The Hall–Kier alpha value is -1.55. The Balaban J connectivity index is 2.46. The Bertz CT molecular complexity index is 601. The predicted octanol–water partition coefficient (Wildman–Crippen LogP) is -1.16. The minimum Gasteiger partial charge on any atom is -0.390 e. The van der Waals surface area contributed by atoms with Crippen LogP contribution in [0.2, 0.25) is 0 Å². The summed E-state index contributed by atoms with van der Waals surface area (Å²) in [7, 11) is 0. The highest BCUT2D eigenvalue weighted by atomic mass is 19.2. The van der Waals surface area contributed by atoms with Gasteiger partial charge in [0.15, 0.2) is 6.23 Å². The maximum absolute atomic E-state index is 14.2. The molecular weight excluding hydrogens is 275 g/mol. The normalized spacial score (nSPS) is 33.5. The van der Waals surface area contributed by atoms with Crippen LogP contribution in [0.5, 0.6) is 0 Å². The highest BCUT2D eigenvalue weighted by molar-refractivity contribution is 4.98. The van der Waals surface area contributed by atoms with Gasteiger partial charge in [-0.05, 0) is 6.92 Å². The van der Waals surface area contributed by atoms with Crippen molar-refractivity contribution in [3.8, 4) is 0 Å². The first-order chi connectivity index (χ1) is 9.33. The van der Waals surface area contributed by atoms with Gasteiger partial charge in [-0.1, -0.05) is 0 Å². The monoisotopic (exact) mass is 290 g/mol. The molecule has 2 heterocycles. The first kappa shape index (κ1) is 14.9. The Morgan fingerprint density at radius 2 is 2.30 bits per heavy atom. The first-order valence-electron chi connectivity index (χ1n) is 5.87. The number of H-pyrrole nitrogens is 1. The molecule has 0 spiro atoms. The molecule has 0 amide bonds. The summed E-state index contributed by atoms with van der Waals surface area (Å²) in [5.74, 6) is -2.40. The minimum absolute atomic E-state index is 0.382. The van der Waals surface area contributed by atoms with Gasteiger partial charge >= 0.3 is 5.69 Å². The van der Waals surface area contributed by atoms with E-state index in [-0.39, 0.29) is 6.42 Å². The molecule has 20 heavy (non-hydrogen) atoms. The Morgan fingerprint density at radius 1 is 1.60 bits per heavy atom. The summed E-state index contributed by atoms with van der Waals surface area (Å²) in [6, 6.07) is 1.07. The van der Waals surface area contributed by atoms with Gasteiger partial charge in [-0.3, -0.25) is 14.3 Å². The standard InChI is InChI=1S/C11H15FN2O6/c1-10(19-6-16)4-11(12,5-15)20-8(10)14-3-2-7(17)13-9(14)18/h2-3,8,15-16H,4-6H2,1H3,(H,13,17,18)/t8-,10-,11+/m1/s1. The third-order valence-electron chi connectivity index (χ3n) is 3.19. The van der Waals surface area contributed by atoms with E-state index in [9.17, 15) is 14.0 Å². The Labute approximate surface area is 112 Å². The van der Waals surface area contributed by atoms with Gasteiger partial charge in [0.2, 0.25) is 5.85 Å². The molecule has 1 aliphatic rings. The fraction of sp³-hybridized carbons (Fsp3) is 0.636. The number of hydrogen-bond acceptors (Lipinski definition) is 6. The van der Waals surface area contributed by atoms with Gasteiger partial charge in [0.25, 0.3) is 5.56 Å². The average molecular weight is 290 g/mol. The zero-order valence-electron chi connectivity index (χ0n) is 10.7. The highest BCUT2D eigenvalue weighted by Gasteiger charge is 2.56. The highest BCUT2D eigenvalue weighted by Crippen LogP contribution is 2.46. The van der Waals surface area contributed by atoms with Crippen molar-refractivity contribution in [1.82, 2.24) is 9.55 Å². The van der Waals surface area contributed by atoms with Gasteiger partial charge in [-0.25, -0.2) is 9.18 Å². The van der Waals surface area contributed by atoms with E-state index in [1.165, 1.54) is 6.92 Å². The van der Waals surface area contributed by atoms with Crippen LogP contribution in [-0.4, -0.2) is 44.6 Å². The Kier molecular flexibility index (Phi) is 3.78. The smallest absolute Gasteiger partial charge is 0.330 e. The molecule has 3 N–H and O–H groups in total. The van der Waals surface area contributed by atoms with Crippen LogP contribution in [0.25, 0.3) is 0 Å². The SMILES string of the molecule is C[C@@]1(OCO)C[C@@](F)(CO)O[C@H]1n1ccc(=O)[nH]c1=O. The fourth-order valence-corrected chi connectivity index (χ4v) is 2.30. The maximum Gasteiger partial charge on any atom is 0.330 e. The molecule has 0 radical (unpaired) electrons. The molecule has 0 bridgehead atoms. The van der Waals surface area contributed by atoms with E-state index in [0.717, 1.165) is 16.8 Å². The third kappa shape index (κ3) is 2.52. The molecule has 9 heteroatoms. The molecule has 0 saturated carbocycles. The first-order valence-corrected chi connectivity index (χ1v) is 5.87. The molecule has 1 aromatic rings. The fourth-order valence-electron chi connectivity index (χ4n) is 2.30. The lowest BCUT2D eigenvalue weighted by Crippen LogP contribution is -2.42. The molecular formula is C11H15FN2O6. The topological polar surface area (TPSA) is 114 Å². The second-order valence-corrected chi connectivity index (χ2v) is 4.79. The van der Waals surface area contributed by atoms with Crippen molar-refractivity contribution < 1.29 is 24.1 Å². The van der Waals surface area contributed by atoms with Crippen LogP contribution in [0, 0.1) is 0 Å². The molecule has 1 fully saturated rings. The minimum atomic E-state index is -2.40. The average Bonchev–Trinajstić information content (AvgIpc) is 2.62. The van der Waals surface area contributed by atoms with Gasteiger partial charge in [-0.15, -0.1) is 0 Å². The molecule has 3 atom stereocenters. The number of alkyl halides is 1. The van der Waals surface area contributed by atoms with Crippen molar-refractivity contribution in [2.75, 3.05) is 13.4 Å². The van der Waals surface area contributed by atoms with Crippen molar-refractivity contribution in [3.05, 3.63) is 33.1 Å². The zero-order chi connectivity index (χ0) is 15.0. The van der Waals surface area contributed by atoms with Crippen LogP contribution < -0.4 is 11.2 Å². The number of aromatic amines is 1. The molecule has 112 valence electrons. The summed E-state index contributed by atoms with van der Waals surface area (Å²) in [5, 5.41) is 17.9. The van der Waals surface area contributed by atoms with Gasteiger partial charge in [0.1, 0.15) is 19.0 Å². The van der Waals surface area contributed by atoms with Crippen LogP contribution >= 0.6 is 0 Å². The summed E-state index contributed by atoms with van der Waals surface area (Å²) in [4.78, 5) is 24.8. The summed E-state index contributed by atoms with van der Waals surface area (Å²) in [6.45, 7) is -0.204. The lowest BCUT2D eigenvalue weighted by Gasteiger charge is -2.29. The van der Waals surface area contributed by atoms with Gasteiger partial charge in [-0.2, -0.15) is 0 Å². The van der Waals surface area contributed by atoms with Crippen molar-refractivity contribution in [2.45, 2.75) is 31.0 Å². The second kappa shape index (κ2) is 5.09. The van der Waals surface area contributed by atoms with Crippen molar-refractivity contribution in [3.63, 3.8) is 0 Å². The second-order valence-electron chi connectivity index (χ2n) is 4.79. The quantitative estimate of drug-likeness (QED) is 0.603. The number of hydrogen-bond donors (Lipinski definition) is 3. The van der Waals surface area contributed by atoms with E-state index in [0.29, 0.717) is 0 Å². The number of halogens is 1. The third-order valence-corrected chi connectivity index (χ3v) is 3.19. The molecule has 1 aliphatic heterocycles. The van der Waals surface area contributed by atoms with Crippen LogP contribution in [-0.2, 0) is 9.47 Å². The van der Waals surface area contributed by atoms with Crippen LogP contribution in [0.4, 0.5) is 4.39 Å². The van der Waals surface area contributed by atoms with E-state index in [1.807, 2.05) is 4.98 Å². The van der Waals surface area contributed by atoms with E-state index in [4.69, 9.17) is 19.7 Å². The Morgan fingerprint density at radius 3 is 2.85 bits per heavy atom. The number of aromatic nitrogens is 2. The number of nitrogens with one attached hydrogen (secondary N) is 1. The lowest BCUT2D eigenvalue weighted by molar-refractivity contribution is -0.197. The molecule has 1 saturated heterocycles. The summed E-state index contributed by atoms with van der Waals surface area (Å²) in [5.41, 5.74) is -2.80. The molecule has 8 nitrogen and oxygen atoms in total.